The van der Waals surface area contributed by atoms with Gasteiger partial charge in [0.15, 0.2) is 5.96 Å². The number of nitrogens with two attached hydrogens (primary N) is 1. The molecule has 8 heteroatoms. The fourth-order valence-corrected chi connectivity index (χ4v) is 3.31. The zero-order chi connectivity index (χ0) is 21.3. The summed E-state index contributed by atoms with van der Waals surface area (Å²) in [6.45, 7) is 5.97. The lowest BCUT2D eigenvalue weighted by molar-refractivity contribution is 0.0963. The highest BCUT2D eigenvalue weighted by Gasteiger charge is 2.23. The van der Waals surface area contributed by atoms with Crippen LogP contribution in [0.4, 0.5) is 4.79 Å². The van der Waals surface area contributed by atoms with E-state index < -0.39 is 0 Å². The van der Waals surface area contributed by atoms with E-state index in [9.17, 15) is 4.79 Å². The fourth-order valence-electron chi connectivity index (χ4n) is 3.31. The van der Waals surface area contributed by atoms with E-state index in [1.54, 1.807) is 4.90 Å². The van der Waals surface area contributed by atoms with E-state index >= 15 is 0 Å². The summed E-state index contributed by atoms with van der Waals surface area (Å²) in [7, 11) is 0. The van der Waals surface area contributed by atoms with Crippen LogP contribution in [-0.2, 0) is 11.3 Å². The summed E-state index contributed by atoms with van der Waals surface area (Å²) in [5.41, 5.74) is 8.25. The number of nitrogens with zero attached hydrogens (tertiary/aromatic N) is 2. The largest absolute Gasteiger partial charge is 0.457 e. The molecule has 1 fully saturated rings. The quantitative estimate of drug-likeness (QED) is 0.323. The molecule has 0 unspecified atom stereocenters. The van der Waals surface area contributed by atoms with Gasteiger partial charge in [0.2, 0.25) is 0 Å². The van der Waals surface area contributed by atoms with Gasteiger partial charge in [-0.2, -0.15) is 0 Å². The maximum absolute atomic E-state index is 11.8. The number of rotatable bonds is 6. The number of hydrogen-bond acceptors (Lipinski definition) is 4. The number of halogens is 1. The highest BCUT2D eigenvalue weighted by Crippen LogP contribution is 2.26. The SMILES string of the molecule is CCOC(=O)N1CCC(NC(N)=NCc2ccccc2Oc2ccc(C)cc2)CC1.I. The molecule has 3 N–H and O–H groups in total. The van der Waals surface area contributed by atoms with Crippen LogP contribution in [0.25, 0.3) is 0 Å². The first kappa shape index (κ1) is 24.8. The molecule has 2 aromatic rings. The molecule has 1 aliphatic rings. The van der Waals surface area contributed by atoms with E-state index in [-0.39, 0.29) is 36.1 Å². The monoisotopic (exact) mass is 538 g/mol. The molecule has 0 radical (unpaired) electrons. The Bertz CT molecular complexity index is 865. The smallest absolute Gasteiger partial charge is 0.409 e. The molecule has 7 nitrogen and oxygen atoms in total. The highest BCUT2D eigenvalue weighted by molar-refractivity contribution is 14.0. The summed E-state index contributed by atoms with van der Waals surface area (Å²) < 4.78 is 11.1. The average molecular weight is 538 g/mol. The predicted molar refractivity (Wildman–Crippen MR) is 133 cm³/mol. The topological polar surface area (TPSA) is 89.2 Å². The van der Waals surface area contributed by atoms with Crippen LogP contribution in [0.2, 0.25) is 0 Å². The summed E-state index contributed by atoms with van der Waals surface area (Å²) in [4.78, 5) is 18.0. The number of likely N-dealkylation sites (tertiary alicyclic amines) is 1. The first-order chi connectivity index (χ1) is 14.5. The van der Waals surface area contributed by atoms with Crippen LogP contribution in [0, 0.1) is 6.92 Å². The Hall–Kier alpha value is -2.49. The van der Waals surface area contributed by atoms with Gasteiger partial charge in [-0.15, -0.1) is 24.0 Å². The molecule has 0 saturated carbocycles. The molecule has 1 heterocycles. The van der Waals surface area contributed by atoms with E-state index in [1.165, 1.54) is 5.56 Å². The minimum Gasteiger partial charge on any atom is -0.457 e. The van der Waals surface area contributed by atoms with Gasteiger partial charge in [0.05, 0.1) is 13.2 Å². The zero-order valence-corrected chi connectivity index (χ0v) is 20.4. The molecule has 0 bridgehead atoms. The molecule has 0 spiro atoms. The number of nitrogens with one attached hydrogen (secondary N) is 1. The maximum Gasteiger partial charge on any atom is 0.409 e. The molecule has 3 rings (SSSR count). The van der Waals surface area contributed by atoms with E-state index in [2.05, 4.69) is 10.3 Å². The van der Waals surface area contributed by atoms with Gasteiger partial charge in [0.1, 0.15) is 11.5 Å². The van der Waals surface area contributed by atoms with Crippen molar-refractivity contribution in [1.29, 1.82) is 0 Å². The summed E-state index contributed by atoms with van der Waals surface area (Å²) >= 11 is 0. The van der Waals surface area contributed by atoms with E-state index in [1.807, 2.05) is 62.4 Å². The molecule has 0 atom stereocenters. The molecule has 0 aromatic heterocycles. The Labute approximate surface area is 201 Å². The third-order valence-corrected chi connectivity index (χ3v) is 5.01. The Morgan fingerprint density at radius 1 is 1.16 bits per heavy atom. The minimum absolute atomic E-state index is 0. The van der Waals surface area contributed by atoms with E-state index in [0.717, 1.165) is 29.9 Å². The lowest BCUT2D eigenvalue weighted by atomic mass is 10.1. The standard InChI is InChI=1S/C23H30N4O3.HI/c1-3-29-23(28)27-14-12-19(13-15-27)26-22(24)25-16-18-6-4-5-7-21(18)30-20-10-8-17(2)9-11-20;/h4-11,19H,3,12-16H2,1-2H3,(H3,24,25,26);1H. The van der Waals surface area contributed by atoms with Crippen molar-refractivity contribution in [1.82, 2.24) is 10.2 Å². The predicted octanol–water partition coefficient (Wildman–Crippen LogP) is 4.43. The van der Waals surface area contributed by atoms with Crippen molar-refractivity contribution < 1.29 is 14.3 Å². The van der Waals surface area contributed by atoms with Crippen LogP contribution in [-0.4, -0.2) is 42.7 Å². The second-order valence-electron chi connectivity index (χ2n) is 7.33. The van der Waals surface area contributed by atoms with Crippen molar-refractivity contribution in [3.05, 3.63) is 59.7 Å². The number of amides is 1. The van der Waals surface area contributed by atoms with Crippen LogP contribution in [0.1, 0.15) is 30.9 Å². The molecule has 1 aliphatic heterocycles. The molecular weight excluding hydrogens is 507 g/mol. The van der Waals surface area contributed by atoms with E-state index in [4.69, 9.17) is 15.2 Å². The zero-order valence-electron chi connectivity index (χ0n) is 18.0. The summed E-state index contributed by atoms with van der Waals surface area (Å²) in [5, 5.41) is 3.26. The summed E-state index contributed by atoms with van der Waals surface area (Å²) in [5.74, 6) is 1.95. The van der Waals surface area contributed by atoms with Gasteiger partial charge in [0, 0.05) is 24.7 Å². The third kappa shape index (κ3) is 7.61. The van der Waals surface area contributed by atoms with E-state index in [0.29, 0.717) is 32.2 Å². The average Bonchev–Trinajstić information content (AvgIpc) is 2.75. The van der Waals surface area contributed by atoms with Crippen LogP contribution >= 0.6 is 24.0 Å². The first-order valence-electron chi connectivity index (χ1n) is 10.4. The number of aliphatic imine (C=N–C) groups is 1. The van der Waals surface area contributed by atoms with Crippen molar-refractivity contribution >= 4 is 36.0 Å². The summed E-state index contributed by atoms with van der Waals surface area (Å²) in [6, 6.07) is 16.0. The van der Waals surface area contributed by atoms with Crippen molar-refractivity contribution in [3.63, 3.8) is 0 Å². The van der Waals surface area contributed by atoms with Gasteiger partial charge >= 0.3 is 6.09 Å². The lowest BCUT2D eigenvalue weighted by Gasteiger charge is -2.31. The lowest BCUT2D eigenvalue weighted by Crippen LogP contribution is -2.48. The summed E-state index contributed by atoms with van der Waals surface area (Å²) in [6.07, 6.45) is 1.37. The molecule has 2 aromatic carbocycles. The normalized spacial score (nSPS) is 14.5. The number of benzene rings is 2. The Balaban J connectivity index is 0.00000341. The van der Waals surface area contributed by atoms with Crippen LogP contribution < -0.4 is 15.8 Å². The molecular formula is C23H31IN4O3. The number of para-hydroxylation sites is 1. The van der Waals surface area contributed by atoms with Gasteiger partial charge in [0.25, 0.3) is 0 Å². The van der Waals surface area contributed by atoms with Gasteiger partial charge in [-0.1, -0.05) is 35.9 Å². The van der Waals surface area contributed by atoms with Crippen LogP contribution in [0.5, 0.6) is 11.5 Å². The van der Waals surface area contributed by atoms with Gasteiger partial charge in [-0.05, 0) is 44.9 Å². The van der Waals surface area contributed by atoms with Crippen molar-refractivity contribution in [3.8, 4) is 11.5 Å². The Morgan fingerprint density at radius 3 is 2.52 bits per heavy atom. The second-order valence-corrected chi connectivity index (χ2v) is 7.33. The van der Waals surface area contributed by atoms with Crippen LogP contribution in [0.3, 0.4) is 0 Å². The number of hydrogen-bond donors (Lipinski definition) is 2. The van der Waals surface area contributed by atoms with Gasteiger partial charge < -0.3 is 25.4 Å². The van der Waals surface area contributed by atoms with Gasteiger partial charge in [-0.25, -0.2) is 9.79 Å². The Morgan fingerprint density at radius 2 is 1.84 bits per heavy atom. The first-order valence-corrected chi connectivity index (χ1v) is 10.4. The molecule has 31 heavy (non-hydrogen) atoms. The number of piperidine rings is 1. The Kier molecular flexibility index (Phi) is 9.90. The van der Waals surface area contributed by atoms with Crippen molar-refractivity contribution in [2.24, 2.45) is 10.7 Å². The number of carbonyl (C=O) groups excluding carboxylic acids is 1. The number of guanidine groups is 1. The maximum atomic E-state index is 11.8. The molecule has 1 saturated heterocycles. The second kappa shape index (κ2) is 12.4. The number of ether oxygens (including phenoxy) is 2. The number of carbonyl (C=O) groups is 1. The third-order valence-electron chi connectivity index (χ3n) is 5.01. The fraction of sp³-hybridized carbons (Fsp3) is 0.391. The molecule has 0 aliphatic carbocycles. The minimum atomic E-state index is -0.247. The van der Waals surface area contributed by atoms with Crippen molar-refractivity contribution in [2.45, 2.75) is 39.3 Å². The van der Waals surface area contributed by atoms with Crippen molar-refractivity contribution in [2.75, 3.05) is 19.7 Å². The molecule has 168 valence electrons. The number of aryl methyl sites for hydroxylation is 1. The highest BCUT2D eigenvalue weighted by atomic mass is 127. The molecule has 1 amide bonds. The van der Waals surface area contributed by atoms with Gasteiger partial charge in [-0.3, -0.25) is 0 Å². The van der Waals surface area contributed by atoms with Crippen LogP contribution in [0.15, 0.2) is 53.5 Å².